The van der Waals surface area contributed by atoms with Crippen molar-refractivity contribution in [3.63, 3.8) is 0 Å². The molecule has 2 N–H and O–H groups in total. The third-order valence-electron chi connectivity index (χ3n) is 11.8. The maximum absolute atomic E-state index is 12.5. The number of aliphatic hydroxyl groups is 2. The lowest BCUT2D eigenvalue weighted by Gasteiger charge is -2.25. The molecule has 0 aromatic carbocycles. The number of esters is 2. The largest absolute Gasteiger partial charge is 0.466 e. The average molecular weight is 796 g/mol. The van der Waals surface area contributed by atoms with Crippen molar-refractivity contribution in [3.8, 4) is 0 Å². The van der Waals surface area contributed by atoms with Gasteiger partial charge in [-0.1, -0.05) is 169 Å². The van der Waals surface area contributed by atoms with E-state index in [2.05, 4.69) is 32.6 Å². The van der Waals surface area contributed by atoms with Gasteiger partial charge in [0.15, 0.2) is 0 Å². The molecule has 0 rings (SSSR count). The molecule has 0 aliphatic carbocycles. The maximum atomic E-state index is 12.5. The summed E-state index contributed by atoms with van der Waals surface area (Å²) in [5.41, 5.74) is 0. The summed E-state index contributed by atoms with van der Waals surface area (Å²) < 4.78 is 11.2. The van der Waals surface area contributed by atoms with E-state index in [1.54, 1.807) is 0 Å². The summed E-state index contributed by atoms with van der Waals surface area (Å²) in [6.07, 6.45) is 37.6. The van der Waals surface area contributed by atoms with Crippen LogP contribution in [0.2, 0.25) is 0 Å². The Bertz CT molecular complexity index is 800. The summed E-state index contributed by atoms with van der Waals surface area (Å²) in [5.74, 6) is 1.22. The van der Waals surface area contributed by atoms with Crippen LogP contribution < -0.4 is 0 Å². The number of unbranched alkanes of at least 4 members (excludes halogenated alkanes) is 18. The molecule has 0 aliphatic rings. The molecule has 0 amide bonds. The molecule has 0 radical (unpaired) electrons. The number of ether oxygens (including phenoxy) is 2. The summed E-state index contributed by atoms with van der Waals surface area (Å²) >= 11 is 0. The standard InChI is InChI=1S/C49H97NO6/c1-5-9-13-20-30-45(31-21-14-10-6-2)35-37-48(53)55-42-28-18-17-25-39-50(40-26-19-27-41-51)44-47(52)34-24-29-43-56-49(54)38-36-46(32-22-15-11-7-3)33-23-16-12-8-4/h45-47,51-52H,5-44H2,1-4H3. The van der Waals surface area contributed by atoms with E-state index in [9.17, 15) is 19.8 Å². The van der Waals surface area contributed by atoms with Gasteiger partial charge in [-0.15, -0.1) is 0 Å². The fourth-order valence-electron chi connectivity index (χ4n) is 8.05. The Kier molecular flexibility index (Phi) is 42.5. The molecule has 0 spiro atoms. The van der Waals surface area contributed by atoms with Crippen LogP contribution in [0.3, 0.4) is 0 Å². The lowest BCUT2D eigenvalue weighted by atomic mass is 9.90. The van der Waals surface area contributed by atoms with E-state index >= 15 is 0 Å². The fraction of sp³-hybridized carbons (Fsp3) is 0.959. The van der Waals surface area contributed by atoms with Crippen molar-refractivity contribution in [2.24, 2.45) is 11.8 Å². The fourth-order valence-corrected chi connectivity index (χ4v) is 8.05. The van der Waals surface area contributed by atoms with Crippen molar-refractivity contribution in [2.75, 3.05) is 39.5 Å². The lowest BCUT2D eigenvalue weighted by Crippen LogP contribution is -2.34. The normalized spacial score (nSPS) is 12.3. The number of rotatable bonds is 45. The van der Waals surface area contributed by atoms with Crippen molar-refractivity contribution in [2.45, 2.75) is 252 Å². The Hall–Kier alpha value is -1.18. The summed E-state index contributed by atoms with van der Waals surface area (Å²) in [6.45, 7) is 12.8. The molecule has 1 unspecified atom stereocenters. The Morgan fingerprint density at radius 3 is 1.21 bits per heavy atom. The van der Waals surface area contributed by atoms with Crippen LogP contribution in [-0.4, -0.2) is 72.6 Å². The smallest absolute Gasteiger partial charge is 0.305 e. The zero-order chi connectivity index (χ0) is 41.2. The minimum atomic E-state index is -0.392. The van der Waals surface area contributed by atoms with Crippen LogP contribution in [0.4, 0.5) is 0 Å². The Labute approximate surface area is 348 Å². The van der Waals surface area contributed by atoms with Gasteiger partial charge >= 0.3 is 11.9 Å². The third kappa shape index (κ3) is 38.3. The van der Waals surface area contributed by atoms with E-state index in [4.69, 9.17) is 9.47 Å². The van der Waals surface area contributed by atoms with E-state index in [0.29, 0.717) is 50.9 Å². The van der Waals surface area contributed by atoms with Crippen molar-refractivity contribution in [1.82, 2.24) is 4.90 Å². The summed E-state index contributed by atoms with van der Waals surface area (Å²) in [5, 5.41) is 20.1. The molecular weight excluding hydrogens is 699 g/mol. The highest BCUT2D eigenvalue weighted by Gasteiger charge is 2.15. The molecule has 0 bridgehead atoms. The highest BCUT2D eigenvalue weighted by atomic mass is 16.5. The number of nitrogens with zero attached hydrogens (tertiary/aromatic N) is 1. The minimum absolute atomic E-state index is 0.0246. The Balaban J connectivity index is 4.36. The van der Waals surface area contributed by atoms with Gasteiger partial charge in [-0.2, -0.15) is 0 Å². The molecule has 1 atom stereocenters. The van der Waals surface area contributed by atoms with E-state index < -0.39 is 6.10 Å². The SMILES string of the molecule is CCCCCCC(CCCCCC)CCC(=O)OCCCCCCN(CCCCCO)CC(O)CCCCOC(=O)CCC(CCCCCC)CCCCCC. The number of hydrogen-bond donors (Lipinski definition) is 2. The third-order valence-corrected chi connectivity index (χ3v) is 11.8. The van der Waals surface area contributed by atoms with Crippen LogP contribution in [0.15, 0.2) is 0 Å². The highest BCUT2D eigenvalue weighted by molar-refractivity contribution is 5.69. The number of hydrogen-bond acceptors (Lipinski definition) is 7. The van der Waals surface area contributed by atoms with Gasteiger partial charge < -0.3 is 24.6 Å². The molecule has 0 aliphatic heterocycles. The molecule has 0 aromatic rings. The van der Waals surface area contributed by atoms with Crippen LogP contribution in [0, 0.1) is 11.8 Å². The zero-order valence-electron chi connectivity index (χ0n) is 38.0. The van der Waals surface area contributed by atoms with Crippen LogP contribution in [0.25, 0.3) is 0 Å². The first-order chi connectivity index (χ1) is 27.4. The molecule has 0 saturated heterocycles. The molecule has 0 saturated carbocycles. The molecule has 7 heteroatoms. The van der Waals surface area contributed by atoms with Gasteiger partial charge in [-0.25, -0.2) is 0 Å². The molecule has 7 nitrogen and oxygen atoms in total. The minimum Gasteiger partial charge on any atom is -0.466 e. The van der Waals surface area contributed by atoms with Gasteiger partial charge in [0.05, 0.1) is 19.3 Å². The monoisotopic (exact) mass is 796 g/mol. The lowest BCUT2D eigenvalue weighted by molar-refractivity contribution is -0.145. The van der Waals surface area contributed by atoms with Crippen molar-refractivity contribution in [3.05, 3.63) is 0 Å². The molecule has 0 fully saturated rings. The molecule has 56 heavy (non-hydrogen) atoms. The van der Waals surface area contributed by atoms with Crippen molar-refractivity contribution < 1.29 is 29.3 Å². The predicted molar refractivity (Wildman–Crippen MR) is 238 cm³/mol. The van der Waals surface area contributed by atoms with Crippen LogP contribution in [-0.2, 0) is 19.1 Å². The van der Waals surface area contributed by atoms with Gasteiger partial charge in [0.1, 0.15) is 0 Å². The van der Waals surface area contributed by atoms with Crippen LogP contribution >= 0.6 is 0 Å². The van der Waals surface area contributed by atoms with Gasteiger partial charge in [0.2, 0.25) is 0 Å². The number of carbonyl (C=O) groups is 2. The zero-order valence-corrected chi connectivity index (χ0v) is 38.0. The second-order valence-electron chi connectivity index (χ2n) is 17.3. The quantitative estimate of drug-likeness (QED) is 0.0468. The first-order valence-electron chi connectivity index (χ1n) is 24.7. The Morgan fingerprint density at radius 2 is 0.804 bits per heavy atom. The van der Waals surface area contributed by atoms with Crippen molar-refractivity contribution in [1.29, 1.82) is 0 Å². The van der Waals surface area contributed by atoms with Crippen LogP contribution in [0.5, 0.6) is 0 Å². The first kappa shape index (κ1) is 54.8. The topological polar surface area (TPSA) is 96.3 Å². The van der Waals surface area contributed by atoms with Gasteiger partial charge in [0.25, 0.3) is 0 Å². The summed E-state index contributed by atoms with van der Waals surface area (Å²) in [6, 6.07) is 0. The first-order valence-corrected chi connectivity index (χ1v) is 24.7. The molecule has 334 valence electrons. The second-order valence-corrected chi connectivity index (χ2v) is 17.3. The Morgan fingerprint density at radius 1 is 0.446 bits per heavy atom. The van der Waals surface area contributed by atoms with Gasteiger partial charge in [0, 0.05) is 26.0 Å². The molecule has 0 aromatic heterocycles. The second kappa shape index (κ2) is 43.4. The van der Waals surface area contributed by atoms with E-state index in [1.165, 1.54) is 128 Å². The van der Waals surface area contributed by atoms with Gasteiger partial charge in [-0.3, -0.25) is 9.59 Å². The van der Waals surface area contributed by atoms with Crippen LogP contribution in [0.1, 0.15) is 246 Å². The van der Waals surface area contributed by atoms with E-state index in [0.717, 1.165) is 83.7 Å². The molecular formula is C49H97NO6. The van der Waals surface area contributed by atoms with E-state index in [1.807, 2.05) is 0 Å². The predicted octanol–water partition coefficient (Wildman–Crippen LogP) is 13.3. The number of aliphatic hydroxyl groups excluding tert-OH is 2. The summed E-state index contributed by atoms with van der Waals surface area (Å²) in [4.78, 5) is 27.4. The number of carbonyl (C=O) groups excluding carboxylic acids is 2. The molecule has 0 heterocycles. The average Bonchev–Trinajstić information content (AvgIpc) is 3.19. The van der Waals surface area contributed by atoms with E-state index in [-0.39, 0.29) is 18.5 Å². The highest BCUT2D eigenvalue weighted by Crippen LogP contribution is 2.25. The van der Waals surface area contributed by atoms with Crippen molar-refractivity contribution >= 4 is 11.9 Å². The maximum Gasteiger partial charge on any atom is 0.305 e. The van der Waals surface area contributed by atoms with Gasteiger partial charge in [-0.05, 0) is 89.1 Å². The summed E-state index contributed by atoms with van der Waals surface area (Å²) in [7, 11) is 0.